The minimum Gasteiger partial charge on any atom is -0.380 e. The lowest BCUT2D eigenvalue weighted by Gasteiger charge is -2.31. The van der Waals surface area contributed by atoms with Crippen LogP contribution in [0.25, 0.3) is 0 Å². The van der Waals surface area contributed by atoms with Gasteiger partial charge in [-0.2, -0.15) is 0 Å². The van der Waals surface area contributed by atoms with Crippen molar-refractivity contribution in [2.24, 2.45) is 0 Å². The summed E-state index contributed by atoms with van der Waals surface area (Å²) in [7, 11) is 1.71. The second-order valence-electron chi connectivity index (χ2n) is 4.78. The summed E-state index contributed by atoms with van der Waals surface area (Å²) in [5.41, 5.74) is 0.494. The van der Waals surface area contributed by atoms with Crippen molar-refractivity contribution < 1.29 is 9.53 Å². The van der Waals surface area contributed by atoms with E-state index in [2.05, 4.69) is 4.90 Å². The lowest BCUT2D eigenvalue weighted by atomic mass is 10.1. The van der Waals surface area contributed by atoms with Crippen molar-refractivity contribution in [1.82, 2.24) is 4.90 Å². The summed E-state index contributed by atoms with van der Waals surface area (Å²) in [6, 6.07) is 4.97. The first-order valence-corrected chi connectivity index (χ1v) is 7.09. The van der Waals surface area contributed by atoms with E-state index in [1.54, 1.807) is 25.3 Å². The van der Waals surface area contributed by atoms with E-state index in [1.807, 2.05) is 0 Å². The molecule has 1 aliphatic rings. The fourth-order valence-electron chi connectivity index (χ4n) is 2.35. The van der Waals surface area contributed by atoms with Crippen molar-refractivity contribution in [3.63, 3.8) is 0 Å². The Labute approximate surface area is 123 Å². The number of methoxy groups -OCH3 is 1. The van der Waals surface area contributed by atoms with Gasteiger partial charge in [-0.15, -0.1) is 0 Å². The van der Waals surface area contributed by atoms with Gasteiger partial charge in [0.25, 0.3) is 0 Å². The number of benzene rings is 1. The van der Waals surface area contributed by atoms with Gasteiger partial charge in [0.2, 0.25) is 0 Å². The third-order valence-corrected chi connectivity index (χ3v) is 3.96. The van der Waals surface area contributed by atoms with Crippen LogP contribution < -0.4 is 0 Å². The van der Waals surface area contributed by atoms with Gasteiger partial charge in [-0.3, -0.25) is 9.69 Å². The molecule has 3 nitrogen and oxygen atoms in total. The van der Waals surface area contributed by atoms with Crippen LogP contribution in [0.3, 0.4) is 0 Å². The van der Waals surface area contributed by atoms with E-state index in [0.29, 0.717) is 22.2 Å². The molecule has 0 saturated carbocycles. The largest absolute Gasteiger partial charge is 0.380 e. The molecule has 1 atom stereocenters. The maximum atomic E-state index is 12.3. The summed E-state index contributed by atoms with van der Waals surface area (Å²) >= 11 is 11.9. The molecule has 104 valence electrons. The first kappa shape index (κ1) is 14.8. The van der Waals surface area contributed by atoms with Crippen LogP contribution in [-0.4, -0.2) is 43.5 Å². The molecule has 1 saturated heterocycles. The Kier molecular flexibility index (Phi) is 5.22. The van der Waals surface area contributed by atoms with Crippen LogP contribution in [0.1, 0.15) is 23.2 Å². The zero-order valence-electron chi connectivity index (χ0n) is 10.9. The van der Waals surface area contributed by atoms with Crippen LogP contribution in [0.4, 0.5) is 0 Å². The van der Waals surface area contributed by atoms with Gasteiger partial charge in [0.15, 0.2) is 5.78 Å². The number of hydrogen-bond donors (Lipinski definition) is 0. The van der Waals surface area contributed by atoms with Crippen LogP contribution in [0.5, 0.6) is 0 Å². The topological polar surface area (TPSA) is 29.5 Å². The number of hydrogen-bond acceptors (Lipinski definition) is 3. The highest BCUT2D eigenvalue weighted by molar-refractivity contribution is 6.36. The van der Waals surface area contributed by atoms with Crippen molar-refractivity contribution in [2.45, 2.75) is 18.9 Å². The summed E-state index contributed by atoms with van der Waals surface area (Å²) in [6.45, 7) is 2.07. The Morgan fingerprint density at radius 3 is 3.00 bits per heavy atom. The smallest absolute Gasteiger partial charge is 0.178 e. The number of Topliss-reactive ketones (excluding diaryl/α,β-unsaturated/α-hetero) is 1. The van der Waals surface area contributed by atoms with E-state index < -0.39 is 0 Å². The predicted octanol–water partition coefficient (Wildman–Crippen LogP) is 3.29. The molecule has 0 spiro atoms. The number of ketones is 1. The predicted molar refractivity (Wildman–Crippen MR) is 77.3 cm³/mol. The third kappa shape index (κ3) is 3.93. The first-order valence-electron chi connectivity index (χ1n) is 6.33. The zero-order valence-corrected chi connectivity index (χ0v) is 12.4. The highest BCUT2D eigenvalue weighted by Gasteiger charge is 2.22. The van der Waals surface area contributed by atoms with Crippen LogP contribution >= 0.6 is 23.2 Å². The third-order valence-electron chi connectivity index (χ3n) is 3.39. The fraction of sp³-hybridized carbons (Fsp3) is 0.500. The van der Waals surface area contributed by atoms with Crippen LogP contribution in [0.2, 0.25) is 10.0 Å². The van der Waals surface area contributed by atoms with Gasteiger partial charge in [0, 0.05) is 24.2 Å². The van der Waals surface area contributed by atoms with Crippen molar-refractivity contribution in [2.75, 3.05) is 26.7 Å². The molecule has 1 aliphatic heterocycles. The summed E-state index contributed by atoms with van der Waals surface area (Å²) < 4.78 is 5.35. The number of piperidine rings is 1. The number of nitrogens with zero attached hydrogens (tertiary/aromatic N) is 1. The second-order valence-corrected chi connectivity index (χ2v) is 5.63. The minimum absolute atomic E-state index is 0.00394. The van der Waals surface area contributed by atoms with Gasteiger partial charge in [0.05, 0.1) is 17.7 Å². The number of rotatable bonds is 4. The fourth-order valence-corrected chi connectivity index (χ4v) is 2.74. The summed E-state index contributed by atoms with van der Waals surface area (Å²) in [6.07, 6.45) is 2.32. The Morgan fingerprint density at radius 2 is 2.26 bits per heavy atom. The van der Waals surface area contributed by atoms with Crippen LogP contribution in [-0.2, 0) is 4.74 Å². The molecule has 1 fully saturated rings. The SMILES string of the molecule is COC1CCCN(CC(=O)c2cc(Cl)ccc2Cl)C1. The molecule has 5 heteroatoms. The van der Waals surface area contributed by atoms with Gasteiger partial charge in [-0.1, -0.05) is 23.2 Å². The summed E-state index contributed by atoms with van der Waals surface area (Å²) in [5.74, 6) is 0.00394. The van der Waals surface area contributed by atoms with Crippen LogP contribution in [0.15, 0.2) is 18.2 Å². The molecule has 1 aromatic carbocycles. The second kappa shape index (κ2) is 6.71. The molecule has 0 amide bonds. The van der Waals surface area contributed by atoms with Crippen LogP contribution in [0, 0.1) is 0 Å². The Hall–Kier alpha value is -0.610. The summed E-state index contributed by atoms with van der Waals surface area (Å²) in [4.78, 5) is 14.4. The van der Waals surface area contributed by atoms with Crippen molar-refractivity contribution in [1.29, 1.82) is 0 Å². The van der Waals surface area contributed by atoms with Crippen molar-refractivity contribution in [3.05, 3.63) is 33.8 Å². The molecule has 19 heavy (non-hydrogen) atoms. The average molecular weight is 302 g/mol. The lowest BCUT2D eigenvalue weighted by Crippen LogP contribution is -2.41. The molecule has 0 N–H and O–H groups in total. The molecular formula is C14H17Cl2NO2. The molecule has 1 aromatic rings. The molecule has 2 rings (SSSR count). The number of carbonyl (C=O) groups excluding carboxylic acids is 1. The average Bonchev–Trinajstić information content (AvgIpc) is 2.41. The maximum absolute atomic E-state index is 12.3. The molecule has 1 unspecified atom stereocenters. The lowest BCUT2D eigenvalue weighted by molar-refractivity contribution is 0.0314. The van der Waals surface area contributed by atoms with E-state index in [4.69, 9.17) is 27.9 Å². The molecular weight excluding hydrogens is 285 g/mol. The van der Waals surface area contributed by atoms with E-state index >= 15 is 0 Å². The van der Waals surface area contributed by atoms with E-state index in [1.165, 1.54) is 0 Å². The van der Waals surface area contributed by atoms with Crippen molar-refractivity contribution >= 4 is 29.0 Å². The summed E-state index contributed by atoms with van der Waals surface area (Å²) in [5, 5.41) is 0.982. The van der Waals surface area contributed by atoms with E-state index in [9.17, 15) is 4.79 Å². The van der Waals surface area contributed by atoms with Gasteiger partial charge < -0.3 is 4.74 Å². The molecule has 0 radical (unpaired) electrons. The van der Waals surface area contributed by atoms with Gasteiger partial charge >= 0.3 is 0 Å². The quantitative estimate of drug-likeness (QED) is 0.799. The zero-order chi connectivity index (χ0) is 13.8. The molecule has 0 aliphatic carbocycles. The number of likely N-dealkylation sites (tertiary alicyclic amines) is 1. The van der Waals surface area contributed by atoms with E-state index in [-0.39, 0.29) is 11.9 Å². The van der Waals surface area contributed by atoms with E-state index in [0.717, 1.165) is 25.9 Å². The highest BCUT2D eigenvalue weighted by atomic mass is 35.5. The number of ether oxygens (including phenoxy) is 1. The standard InChI is InChI=1S/C14H17Cl2NO2/c1-19-11-3-2-6-17(8-11)9-14(18)12-7-10(15)4-5-13(12)16/h4-5,7,11H,2-3,6,8-9H2,1H3. The molecule has 1 heterocycles. The highest BCUT2D eigenvalue weighted by Crippen LogP contribution is 2.22. The van der Waals surface area contributed by atoms with Gasteiger partial charge in [0.1, 0.15) is 0 Å². The maximum Gasteiger partial charge on any atom is 0.178 e. The Balaban J connectivity index is 2.02. The molecule has 0 aromatic heterocycles. The van der Waals surface area contributed by atoms with Gasteiger partial charge in [-0.05, 0) is 37.6 Å². The first-order chi connectivity index (χ1) is 9.10. The monoisotopic (exact) mass is 301 g/mol. The number of carbonyl (C=O) groups is 1. The Bertz CT molecular complexity index is 465. The normalized spacial score (nSPS) is 20.5. The molecule has 0 bridgehead atoms. The number of halogens is 2. The van der Waals surface area contributed by atoms with Crippen molar-refractivity contribution in [3.8, 4) is 0 Å². The Morgan fingerprint density at radius 1 is 1.47 bits per heavy atom. The van der Waals surface area contributed by atoms with Gasteiger partial charge in [-0.25, -0.2) is 0 Å². The minimum atomic E-state index is 0.00394.